The molecule has 2 N–H and O–H groups in total. The van der Waals surface area contributed by atoms with Crippen LogP contribution in [0.5, 0.6) is 0 Å². The van der Waals surface area contributed by atoms with Gasteiger partial charge < -0.3 is 20.1 Å². The Balaban J connectivity index is 4.10. The third-order valence-corrected chi connectivity index (χ3v) is 2.56. The van der Waals surface area contributed by atoms with E-state index in [1.807, 2.05) is 13.8 Å². The third kappa shape index (κ3) is 7.11. The molecule has 6 heteroatoms. The molecule has 2 amide bonds. The molecule has 0 aliphatic carbocycles. The van der Waals surface area contributed by atoms with Crippen LogP contribution in [0.15, 0.2) is 0 Å². The summed E-state index contributed by atoms with van der Waals surface area (Å²) >= 11 is 0. The third-order valence-electron chi connectivity index (χ3n) is 2.56. The van der Waals surface area contributed by atoms with Gasteiger partial charge in [-0.2, -0.15) is 0 Å². The van der Waals surface area contributed by atoms with Crippen LogP contribution in [0.1, 0.15) is 33.1 Å². The van der Waals surface area contributed by atoms with E-state index in [9.17, 15) is 9.59 Å². The van der Waals surface area contributed by atoms with Crippen molar-refractivity contribution < 1.29 is 19.4 Å². The van der Waals surface area contributed by atoms with E-state index in [0.717, 1.165) is 12.8 Å². The van der Waals surface area contributed by atoms with E-state index in [1.165, 1.54) is 4.90 Å². The summed E-state index contributed by atoms with van der Waals surface area (Å²) in [7, 11) is 1.62. The standard InChI is InChI=1S/C12H24N2O4/c1-4-6-7-10(11(15)16)13-12(17)14(3)8-9-18-5-2/h10H,4-9H2,1-3H3,(H,13,17)(H,15,16). The second-order valence-corrected chi connectivity index (χ2v) is 4.10. The molecule has 106 valence electrons. The summed E-state index contributed by atoms with van der Waals surface area (Å²) in [6.07, 6.45) is 2.14. The van der Waals surface area contributed by atoms with Crippen LogP contribution in [0.25, 0.3) is 0 Å². The Morgan fingerprint density at radius 3 is 2.56 bits per heavy atom. The highest BCUT2D eigenvalue weighted by molar-refractivity contribution is 5.82. The highest BCUT2D eigenvalue weighted by atomic mass is 16.5. The number of carbonyl (C=O) groups is 2. The van der Waals surface area contributed by atoms with Gasteiger partial charge in [0.25, 0.3) is 0 Å². The average Bonchev–Trinajstić information content (AvgIpc) is 2.33. The van der Waals surface area contributed by atoms with Crippen LogP contribution in [-0.4, -0.2) is 54.9 Å². The lowest BCUT2D eigenvalue weighted by Gasteiger charge is -2.21. The second-order valence-electron chi connectivity index (χ2n) is 4.10. The molecule has 1 unspecified atom stereocenters. The lowest BCUT2D eigenvalue weighted by atomic mass is 10.1. The molecule has 18 heavy (non-hydrogen) atoms. The first kappa shape index (κ1) is 16.7. The number of carboxylic acids is 1. The van der Waals surface area contributed by atoms with Gasteiger partial charge in [-0.3, -0.25) is 0 Å². The van der Waals surface area contributed by atoms with Gasteiger partial charge in [0.05, 0.1) is 6.61 Å². The molecular formula is C12H24N2O4. The molecule has 0 saturated carbocycles. The molecule has 0 aliphatic heterocycles. The molecule has 0 aliphatic rings. The smallest absolute Gasteiger partial charge is 0.326 e. The van der Waals surface area contributed by atoms with Crippen LogP contribution >= 0.6 is 0 Å². The van der Waals surface area contributed by atoms with Gasteiger partial charge in [-0.15, -0.1) is 0 Å². The first-order valence-electron chi connectivity index (χ1n) is 6.35. The number of amides is 2. The molecule has 0 heterocycles. The number of hydrogen-bond donors (Lipinski definition) is 2. The summed E-state index contributed by atoms with van der Waals surface area (Å²) < 4.78 is 5.13. The highest BCUT2D eigenvalue weighted by Gasteiger charge is 2.20. The van der Waals surface area contributed by atoms with Gasteiger partial charge >= 0.3 is 12.0 Å². The zero-order valence-electron chi connectivity index (χ0n) is 11.4. The maximum Gasteiger partial charge on any atom is 0.326 e. The minimum atomic E-state index is -0.991. The number of aliphatic carboxylic acids is 1. The van der Waals surface area contributed by atoms with E-state index < -0.39 is 12.0 Å². The summed E-state index contributed by atoms with van der Waals surface area (Å²) in [5.74, 6) is -0.991. The zero-order chi connectivity index (χ0) is 14.0. The maximum absolute atomic E-state index is 11.7. The van der Waals surface area contributed by atoms with Crippen molar-refractivity contribution in [2.24, 2.45) is 0 Å². The lowest BCUT2D eigenvalue weighted by Crippen LogP contribution is -2.47. The fraction of sp³-hybridized carbons (Fsp3) is 0.833. The molecule has 0 rings (SSSR count). The van der Waals surface area contributed by atoms with Crippen molar-refractivity contribution in [1.82, 2.24) is 10.2 Å². The minimum Gasteiger partial charge on any atom is -0.480 e. The molecule has 0 saturated heterocycles. The highest BCUT2D eigenvalue weighted by Crippen LogP contribution is 2.01. The topological polar surface area (TPSA) is 78.9 Å². The zero-order valence-corrected chi connectivity index (χ0v) is 11.4. The Morgan fingerprint density at radius 2 is 2.06 bits per heavy atom. The monoisotopic (exact) mass is 260 g/mol. The van der Waals surface area contributed by atoms with Gasteiger partial charge in [-0.1, -0.05) is 19.8 Å². The quantitative estimate of drug-likeness (QED) is 0.613. The van der Waals surface area contributed by atoms with Crippen molar-refractivity contribution in [2.75, 3.05) is 26.8 Å². The summed E-state index contributed by atoms with van der Waals surface area (Å²) in [6.45, 7) is 5.36. The maximum atomic E-state index is 11.7. The summed E-state index contributed by atoms with van der Waals surface area (Å²) in [5.41, 5.74) is 0. The predicted octanol–water partition coefficient (Wildman–Crippen LogP) is 1.31. The van der Waals surface area contributed by atoms with Crippen molar-refractivity contribution in [1.29, 1.82) is 0 Å². The van der Waals surface area contributed by atoms with Crippen LogP contribution in [0.2, 0.25) is 0 Å². The number of carbonyl (C=O) groups excluding carboxylic acids is 1. The van der Waals surface area contributed by atoms with Gasteiger partial charge in [0.2, 0.25) is 0 Å². The molecule has 0 aromatic rings. The van der Waals surface area contributed by atoms with E-state index in [2.05, 4.69) is 5.32 Å². The molecule has 0 aromatic carbocycles. The molecule has 0 spiro atoms. The number of urea groups is 1. The number of likely N-dealkylation sites (N-methyl/N-ethyl adjacent to an activating group) is 1. The van der Waals surface area contributed by atoms with Crippen molar-refractivity contribution in [3.05, 3.63) is 0 Å². The molecule has 0 aromatic heterocycles. The first-order valence-corrected chi connectivity index (χ1v) is 6.35. The summed E-state index contributed by atoms with van der Waals surface area (Å²) in [4.78, 5) is 24.1. The second kappa shape index (κ2) is 9.70. The Kier molecular flexibility index (Phi) is 9.00. The SMILES string of the molecule is CCCCC(NC(=O)N(C)CCOCC)C(=O)O. The molecule has 6 nitrogen and oxygen atoms in total. The molecule has 1 atom stereocenters. The number of ether oxygens (including phenoxy) is 1. The number of nitrogens with zero attached hydrogens (tertiary/aromatic N) is 1. The normalized spacial score (nSPS) is 11.9. The number of nitrogens with one attached hydrogen (secondary N) is 1. The number of hydrogen-bond acceptors (Lipinski definition) is 3. The van der Waals surface area contributed by atoms with Gasteiger partial charge in [-0.25, -0.2) is 9.59 Å². The first-order chi connectivity index (χ1) is 8.52. The number of carboxylic acid groups (broad SMARTS) is 1. The van der Waals surface area contributed by atoms with Crippen LogP contribution in [0, 0.1) is 0 Å². The van der Waals surface area contributed by atoms with E-state index in [-0.39, 0.29) is 6.03 Å². The molecular weight excluding hydrogens is 236 g/mol. The van der Waals surface area contributed by atoms with E-state index in [0.29, 0.717) is 26.2 Å². The average molecular weight is 260 g/mol. The van der Waals surface area contributed by atoms with Gasteiger partial charge in [0, 0.05) is 20.2 Å². The lowest BCUT2D eigenvalue weighted by molar-refractivity contribution is -0.139. The molecule has 0 radical (unpaired) electrons. The largest absolute Gasteiger partial charge is 0.480 e. The van der Waals surface area contributed by atoms with Gasteiger partial charge in [-0.05, 0) is 13.3 Å². The van der Waals surface area contributed by atoms with Crippen LogP contribution in [0.4, 0.5) is 4.79 Å². The van der Waals surface area contributed by atoms with Crippen LogP contribution in [-0.2, 0) is 9.53 Å². The van der Waals surface area contributed by atoms with Gasteiger partial charge in [0.1, 0.15) is 6.04 Å². The van der Waals surface area contributed by atoms with E-state index in [1.54, 1.807) is 7.05 Å². The van der Waals surface area contributed by atoms with Crippen molar-refractivity contribution >= 4 is 12.0 Å². The van der Waals surface area contributed by atoms with Crippen molar-refractivity contribution in [3.63, 3.8) is 0 Å². The van der Waals surface area contributed by atoms with Crippen molar-refractivity contribution in [3.8, 4) is 0 Å². The fourth-order valence-electron chi connectivity index (χ4n) is 1.37. The Bertz CT molecular complexity index is 258. The number of rotatable bonds is 9. The minimum absolute atomic E-state index is 0.377. The Labute approximate surface area is 108 Å². The molecule has 0 fully saturated rings. The van der Waals surface area contributed by atoms with E-state index in [4.69, 9.17) is 9.84 Å². The van der Waals surface area contributed by atoms with Gasteiger partial charge in [0.15, 0.2) is 0 Å². The summed E-state index contributed by atoms with van der Waals surface area (Å²) in [6, 6.07) is -1.19. The Morgan fingerprint density at radius 1 is 1.39 bits per heavy atom. The number of unbranched alkanes of at least 4 members (excludes halogenated alkanes) is 1. The van der Waals surface area contributed by atoms with Crippen LogP contribution in [0.3, 0.4) is 0 Å². The molecule has 0 bridgehead atoms. The summed E-state index contributed by atoms with van der Waals surface area (Å²) in [5, 5.41) is 11.5. The van der Waals surface area contributed by atoms with Crippen molar-refractivity contribution in [2.45, 2.75) is 39.2 Å². The Hall–Kier alpha value is -1.30. The van der Waals surface area contributed by atoms with E-state index >= 15 is 0 Å². The van der Waals surface area contributed by atoms with Crippen LogP contribution < -0.4 is 5.32 Å². The fourth-order valence-corrected chi connectivity index (χ4v) is 1.37. The predicted molar refractivity (Wildman–Crippen MR) is 68.6 cm³/mol.